The first-order valence-corrected chi connectivity index (χ1v) is 17.3. The lowest BCUT2D eigenvalue weighted by atomic mass is 9.93. The van der Waals surface area contributed by atoms with Crippen LogP contribution in [0.5, 0.6) is 5.75 Å². The van der Waals surface area contributed by atoms with E-state index in [0.29, 0.717) is 46.1 Å². The summed E-state index contributed by atoms with van der Waals surface area (Å²) in [7, 11) is 1.49. The fourth-order valence-corrected chi connectivity index (χ4v) is 7.85. The van der Waals surface area contributed by atoms with Crippen LogP contribution in [0.3, 0.4) is 0 Å². The Bertz CT molecular complexity index is 1800. The van der Waals surface area contributed by atoms with Gasteiger partial charge in [-0.25, -0.2) is 4.98 Å². The lowest BCUT2D eigenvalue weighted by Crippen LogP contribution is -2.46. The standard InChI is InChI=1S/C38H40ClF3N4O2/c1-48-31-14-13-29-32(36(47)44-37(17-18-37)26-10-4-2-5-11-26)30(24-45-21-15-28(16-22-45)46-19-6-3-7-20-46)34(43-35(29)33(31)39)25-9-8-12-27(23-25)38(40,41)42/h2,4-5,8-14,23,28H,3,6-7,15-22,24H2,1H3,(H,44,47). The highest BCUT2D eigenvalue weighted by Gasteiger charge is 2.46. The van der Waals surface area contributed by atoms with E-state index in [1.165, 1.54) is 32.4 Å². The number of rotatable bonds is 8. The van der Waals surface area contributed by atoms with Crippen molar-refractivity contribution in [1.82, 2.24) is 20.1 Å². The molecule has 0 spiro atoms. The summed E-state index contributed by atoms with van der Waals surface area (Å²) in [5.41, 5.74) is 1.63. The number of nitrogens with zero attached hydrogens (tertiary/aromatic N) is 3. The number of pyridine rings is 1. The topological polar surface area (TPSA) is 57.7 Å². The molecular weight excluding hydrogens is 637 g/mol. The van der Waals surface area contributed by atoms with Crippen LogP contribution in [-0.2, 0) is 18.3 Å². The molecule has 0 unspecified atom stereocenters. The molecule has 1 amide bonds. The second kappa shape index (κ2) is 13.3. The molecule has 1 N–H and O–H groups in total. The molecule has 252 valence electrons. The molecule has 3 fully saturated rings. The predicted molar refractivity (Wildman–Crippen MR) is 182 cm³/mol. The van der Waals surface area contributed by atoms with Crippen LogP contribution >= 0.6 is 11.6 Å². The van der Waals surface area contributed by atoms with Crippen LogP contribution < -0.4 is 10.1 Å². The Hall–Kier alpha value is -3.66. The minimum atomic E-state index is -4.54. The van der Waals surface area contributed by atoms with E-state index < -0.39 is 17.3 Å². The van der Waals surface area contributed by atoms with Crippen molar-refractivity contribution in [3.8, 4) is 17.0 Å². The summed E-state index contributed by atoms with van der Waals surface area (Å²) in [5.74, 6) is 0.0740. The highest BCUT2D eigenvalue weighted by atomic mass is 35.5. The second-order valence-electron chi connectivity index (χ2n) is 13.4. The molecule has 0 bridgehead atoms. The summed E-state index contributed by atoms with van der Waals surface area (Å²) in [6.07, 6.45) is 2.80. The Balaban J connectivity index is 1.35. The van der Waals surface area contributed by atoms with Gasteiger partial charge in [-0.2, -0.15) is 13.2 Å². The molecule has 10 heteroatoms. The van der Waals surface area contributed by atoms with Gasteiger partial charge in [0.2, 0.25) is 0 Å². The van der Waals surface area contributed by atoms with Gasteiger partial charge in [-0.05, 0) is 94.5 Å². The van der Waals surface area contributed by atoms with Crippen LogP contribution in [0.1, 0.15) is 72.0 Å². The molecule has 0 radical (unpaired) electrons. The number of carbonyl (C=O) groups is 1. The van der Waals surface area contributed by atoms with Gasteiger partial charge in [0.1, 0.15) is 10.8 Å². The van der Waals surface area contributed by atoms with Gasteiger partial charge in [0.25, 0.3) is 5.91 Å². The fraction of sp³-hybridized carbons (Fsp3) is 0.421. The summed E-state index contributed by atoms with van der Waals surface area (Å²) in [4.78, 5) is 24.5. The lowest BCUT2D eigenvalue weighted by molar-refractivity contribution is -0.137. The number of methoxy groups -OCH3 is 1. The zero-order chi connectivity index (χ0) is 33.5. The lowest BCUT2D eigenvalue weighted by Gasteiger charge is -2.40. The molecule has 0 atom stereocenters. The van der Waals surface area contributed by atoms with E-state index in [4.69, 9.17) is 21.3 Å². The molecular formula is C38H40ClF3N4O2. The third-order valence-electron chi connectivity index (χ3n) is 10.3. The van der Waals surface area contributed by atoms with E-state index in [9.17, 15) is 18.0 Å². The van der Waals surface area contributed by atoms with E-state index in [1.54, 1.807) is 18.2 Å². The van der Waals surface area contributed by atoms with Crippen molar-refractivity contribution >= 4 is 28.4 Å². The summed E-state index contributed by atoms with van der Waals surface area (Å²) < 4.78 is 47.5. The maximum atomic E-state index is 14.7. The number of nitrogens with one attached hydrogen (secondary N) is 1. The van der Waals surface area contributed by atoms with E-state index in [2.05, 4.69) is 15.1 Å². The van der Waals surface area contributed by atoms with Gasteiger partial charge in [-0.3, -0.25) is 9.69 Å². The molecule has 3 aliphatic rings. The minimum Gasteiger partial charge on any atom is -0.495 e. The number of alkyl halides is 3. The van der Waals surface area contributed by atoms with Gasteiger partial charge in [-0.1, -0.05) is 60.5 Å². The number of likely N-dealkylation sites (tertiary alicyclic amines) is 2. The van der Waals surface area contributed by atoms with Crippen LogP contribution in [0.25, 0.3) is 22.2 Å². The molecule has 7 rings (SSSR count). The number of amides is 1. The zero-order valence-electron chi connectivity index (χ0n) is 27.1. The van der Waals surface area contributed by atoms with Crippen molar-refractivity contribution in [3.63, 3.8) is 0 Å². The van der Waals surface area contributed by atoms with Gasteiger partial charge in [0.05, 0.1) is 35.0 Å². The van der Waals surface area contributed by atoms with Crippen molar-refractivity contribution in [2.75, 3.05) is 33.3 Å². The number of hydrogen-bond acceptors (Lipinski definition) is 5. The van der Waals surface area contributed by atoms with E-state index in [0.717, 1.165) is 69.6 Å². The number of benzene rings is 3. The van der Waals surface area contributed by atoms with Crippen molar-refractivity contribution in [1.29, 1.82) is 0 Å². The van der Waals surface area contributed by atoms with Crippen LogP contribution in [0.4, 0.5) is 13.2 Å². The van der Waals surface area contributed by atoms with Crippen molar-refractivity contribution < 1.29 is 22.7 Å². The summed E-state index contributed by atoms with van der Waals surface area (Å²) in [6, 6.07) is 19.1. The van der Waals surface area contributed by atoms with Crippen LogP contribution in [0.2, 0.25) is 5.02 Å². The first kappa shape index (κ1) is 32.9. The average molecular weight is 677 g/mol. The Morgan fingerprint density at radius 2 is 1.71 bits per heavy atom. The Morgan fingerprint density at radius 3 is 2.38 bits per heavy atom. The molecule has 1 saturated carbocycles. The van der Waals surface area contributed by atoms with E-state index >= 15 is 0 Å². The summed E-state index contributed by atoms with van der Waals surface area (Å²) in [5, 5.41) is 4.08. The van der Waals surface area contributed by atoms with Crippen LogP contribution in [0, 0.1) is 0 Å². The van der Waals surface area contributed by atoms with Gasteiger partial charge in [0.15, 0.2) is 0 Å². The predicted octanol–water partition coefficient (Wildman–Crippen LogP) is 8.45. The SMILES string of the molecule is COc1ccc2c(C(=O)NC3(c4ccccc4)CC3)c(CN3CCC(N4CCCCC4)CC3)c(-c3cccc(C(F)(F)F)c3)nc2c1Cl. The van der Waals surface area contributed by atoms with Gasteiger partial charge < -0.3 is 15.0 Å². The molecule has 4 aromatic rings. The third-order valence-corrected chi connectivity index (χ3v) is 10.7. The molecule has 3 aromatic carbocycles. The van der Waals surface area contributed by atoms with Gasteiger partial charge >= 0.3 is 6.18 Å². The molecule has 6 nitrogen and oxygen atoms in total. The molecule has 1 aliphatic carbocycles. The third kappa shape index (κ3) is 6.52. The largest absolute Gasteiger partial charge is 0.495 e. The smallest absolute Gasteiger partial charge is 0.416 e. The number of piperidine rings is 2. The highest BCUT2D eigenvalue weighted by Crippen LogP contribution is 2.46. The van der Waals surface area contributed by atoms with Crippen LogP contribution in [-0.4, -0.2) is 60.0 Å². The maximum Gasteiger partial charge on any atom is 0.416 e. The maximum absolute atomic E-state index is 14.7. The van der Waals surface area contributed by atoms with E-state index in [1.807, 2.05) is 30.3 Å². The van der Waals surface area contributed by atoms with Crippen molar-refractivity contribution in [2.24, 2.45) is 0 Å². The number of carbonyl (C=O) groups excluding carboxylic acids is 1. The molecule has 2 saturated heterocycles. The first-order chi connectivity index (χ1) is 23.2. The normalized spacial score (nSPS) is 18.9. The Morgan fingerprint density at radius 1 is 0.979 bits per heavy atom. The van der Waals surface area contributed by atoms with Crippen molar-refractivity contribution in [3.05, 3.63) is 94.0 Å². The highest BCUT2D eigenvalue weighted by molar-refractivity contribution is 6.37. The summed E-state index contributed by atoms with van der Waals surface area (Å²) >= 11 is 6.84. The Labute approximate surface area is 284 Å². The molecule has 3 heterocycles. The monoisotopic (exact) mass is 676 g/mol. The second-order valence-corrected chi connectivity index (χ2v) is 13.8. The number of ether oxygens (including phenoxy) is 1. The average Bonchev–Trinajstić information content (AvgIpc) is 3.89. The quantitative estimate of drug-likeness (QED) is 0.203. The van der Waals surface area contributed by atoms with E-state index in [-0.39, 0.29) is 16.5 Å². The van der Waals surface area contributed by atoms with Crippen molar-refractivity contribution in [2.45, 2.75) is 69.2 Å². The molecule has 2 aliphatic heterocycles. The zero-order valence-corrected chi connectivity index (χ0v) is 27.8. The number of halogens is 4. The number of hydrogen-bond donors (Lipinski definition) is 1. The Kier molecular flexibility index (Phi) is 9.13. The number of fused-ring (bicyclic) bond motifs is 1. The molecule has 48 heavy (non-hydrogen) atoms. The van der Waals surface area contributed by atoms with Crippen LogP contribution in [0.15, 0.2) is 66.7 Å². The van der Waals surface area contributed by atoms with Gasteiger partial charge in [-0.15, -0.1) is 0 Å². The fourth-order valence-electron chi connectivity index (χ4n) is 7.57. The minimum absolute atomic E-state index is 0.204. The molecule has 1 aromatic heterocycles. The van der Waals surface area contributed by atoms with Gasteiger partial charge in [0, 0.05) is 29.1 Å². The number of aromatic nitrogens is 1. The summed E-state index contributed by atoms with van der Waals surface area (Å²) in [6.45, 7) is 4.28. The first-order valence-electron chi connectivity index (χ1n) is 16.9.